The summed E-state index contributed by atoms with van der Waals surface area (Å²) < 4.78 is 7.48. The molecule has 0 saturated heterocycles. The molecule has 7 nitrogen and oxygen atoms in total. The highest BCUT2D eigenvalue weighted by molar-refractivity contribution is 7.98. The zero-order valence-corrected chi connectivity index (χ0v) is 18.5. The largest absolute Gasteiger partial charge is 0.461 e. The lowest BCUT2D eigenvalue weighted by atomic mass is 10.2. The summed E-state index contributed by atoms with van der Waals surface area (Å²) in [4.78, 5) is 18.6. The smallest absolute Gasteiger partial charge is 0.230 e. The summed E-state index contributed by atoms with van der Waals surface area (Å²) in [6, 6.07) is 11.6. The molecule has 1 aromatic carbocycles. The fourth-order valence-electron chi connectivity index (χ4n) is 3.07. The van der Waals surface area contributed by atoms with E-state index in [4.69, 9.17) is 9.40 Å². The number of furan rings is 1. The molecule has 4 aromatic rings. The highest BCUT2D eigenvalue weighted by atomic mass is 32.2. The van der Waals surface area contributed by atoms with E-state index in [9.17, 15) is 4.79 Å². The van der Waals surface area contributed by atoms with Gasteiger partial charge in [-0.05, 0) is 43.7 Å². The molecule has 3 heterocycles. The summed E-state index contributed by atoms with van der Waals surface area (Å²) in [5.41, 5.74) is 2.81. The Morgan fingerprint density at radius 2 is 2.13 bits per heavy atom. The number of thioether (sulfide) groups is 1. The van der Waals surface area contributed by atoms with Gasteiger partial charge < -0.3 is 4.42 Å². The fraction of sp³-hybridized carbons (Fsp3) is 0.238. The number of aromatic nitrogens is 4. The molecule has 4 rings (SSSR count). The van der Waals surface area contributed by atoms with E-state index < -0.39 is 0 Å². The van der Waals surface area contributed by atoms with Crippen LogP contribution in [0.1, 0.15) is 25.1 Å². The minimum Gasteiger partial charge on any atom is -0.461 e. The Bertz CT molecular complexity index is 1150. The lowest BCUT2D eigenvalue weighted by Gasteiger charge is -2.18. The number of rotatable bonds is 7. The van der Waals surface area contributed by atoms with Gasteiger partial charge in [0.15, 0.2) is 21.9 Å². The van der Waals surface area contributed by atoms with Crippen LogP contribution in [0.3, 0.4) is 0 Å². The zero-order chi connectivity index (χ0) is 21.1. The van der Waals surface area contributed by atoms with Gasteiger partial charge in [0, 0.05) is 24.6 Å². The standard InChI is InChI=1S/C21H21N5O2S2/c1-4-25-19(18-9-6-10-28-18)23-24-21(25)30-13-16-12-29-20(22-16)26(15(3)27)17-8-5-7-14(2)11-17/h5-12H,4,13H2,1-3H3. The van der Waals surface area contributed by atoms with Crippen LogP contribution < -0.4 is 4.90 Å². The van der Waals surface area contributed by atoms with Gasteiger partial charge >= 0.3 is 0 Å². The highest BCUT2D eigenvalue weighted by Gasteiger charge is 2.19. The highest BCUT2D eigenvalue weighted by Crippen LogP contribution is 2.32. The second-order valence-corrected chi connectivity index (χ2v) is 8.41. The van der Waals surface area contributed by atoms with Crippen LogP contribution >= 0.6 is 23.1 Å². The predicted octanol–water partition coefficient (Wildman–Crippen LogP) is 5.30. The molecule has 0 radical (unpaired) electrons. The van der Waals surface area contributed by atoms with E-state index in [0.29, 0.717) is 22.5 Å². The monoisotopic (exact) mass is 439 g/mol. The molecule has 154 valence electrons. The Kier molecular flexibility index (Phi) is 6.01. The van der Waals surface area contributed by atoms with E-state index in [2.05, 4.69) is 10.2 Å². The molecule has 30 heavy (non-hydrogen) atoms. The van der Waals surface area contributed by atoms with E-state index >= 15 is 0 Å². The van der Waals surface area contributed by atoms with Crippen molar-refractivity contribution in [3.05, 3.63) is 59.3 Å². The second-order valence-electron chi connectivity index (χ2n) is 6.63. The van der Waals surface area contributed by atoms with Crippen LogP contribution in [0.5, 0.6) is 0 Å². The molecule has 3 aromatic heterocycles. The molecule has 0 unspecified atom stereocenters. The van der Waals surface area contributed by atoms with Gasteiger partial charge in [-0.25, -0.2) is 4.98 Å². The van der Waals surface area contributed by atoms with E-state index in [1.54, 1.807) is 29.8 Å². The Hall–Kier alpha value is -2.91. The summed E-state index contributed by atoms with van der Waals surface area (Å²) in [5.74, 6) is 1.98. The van der Waals surface area contributed by atoms with Gasteiger partial charge in [-0.1, -0.05) is 23.9 Å². The average molecular weight is 440 g/mol. The minimum atomic E-state index is -0.0667. The number of carbonyl (C=O) groups is 1. The first kappa shape index (κ1) is 20.4. The molecule has 0 bridgehead atoms. The van der Waals surface area contributed by atoms with Gasteiger partial charge in [-0.15, -0.1) is 21.5 Å². The van der Waals surface area contributed by atoms with Crippen molar-refractivity contribution in [2.45, 2.75) is 38.2 Å². The predicted molar refractivity (Wildman–Crippen MR) is 119 cm³/mol. The molecule has 9 heteroatoms. The summed E-state index contributed by atoms with van der Waals surface area (Å²) >= 11 is 3.02. The molecule has 1 amide bonds. The van der Waals surface area contributed by atoms with Crippen LogP contribution in [0.4, 0.5) is 10.8 Å². The van der Waals surface area contributed by atoms with Crippen molar-refractivity contribution in [3.63, 3.8) is 0 Å². The van der Waals surface area contributed by atoms with Gasteiger partial charge in [-0.3, -0.25) is 14.3 Å². The molecule has 0 N–H and O–H groups in total. The first-order valence-electron chi connectivity index (χ1n) is 9.48. The number of hydrogen-bond acceptors (Lipinski definition) is 7. The SMILES string of the molecule is CCn1c(SCc2csc(N(C(C)=O)c3cccc(C)c3)n2)nnc1-c1ccco1. The molecular formula is C21H21N5O2S2. The normalized spacial score (nSPS) is 11.0. The molecule has 0 aliphatic heterocycles. The molecule has 0 fully saturated rings. The van der Waals surface area contributed by atoms with Crippen molar-refractivity contribution in [2.24, 2.45) is 0 Å². The maximum atomic E-state index is 12.3. The number of anilines is 2. The van der Waals surface area contributed by atoms with Crippen LogP contribution in [0.2, 0.25) is 0 Å². The topological polar surface area (TPSA) is 77.1 Å². The Labute approximate surface area is 182 Å². The van der Waals surface area contributed by atoms with E-state index in [0.717, 1.165) is 28.6 Å². The van der Waals surface area contributed by atoms with Crippen molar-refractivity contribution < 1.29 is 9.21 Å². The van der Waals surface area contributed by atoms with Crippen LogP contribution in [0.15, 0.2) is 57.6 Å². The van der Waals surface area contributed by atoms with Gasteiger partial charge in [0.25, 0.3) is 0 Å². The molecule has 0 spiro atoms. The second kappa shape index (κ2) is 8.85. The molecular weight excluding hydrogens is 418 g/mol. The number of amides is 1. The summed E-state index contributed by atoms with van der Waals surface area (Å²) in [6.45, 7) is 6.34. The lowest BCUT2D eigenvalue weighted by molar-refractivity contribution is -0.115. The van der Waals surface area contributed by atoms with Crippen LogP contribution in [-0.2, 0) is 17.1 Å². The molecule has 0 aliphatic carbocycles. The van der Waals surface area contributed by atoms with Crippen LogP contribution in [0, 0.1) is 6.92 Å². The summed E-state index contributed by atoms with van der Waals surface area (Å²) in [5, 5.41) is 12.0. The average Bonchev–Trinajstić information content (AvgIpc) is 3.46. The van der Waals surface area contributed by atoms with Crippen molar-refractivity contribution in [3.8, 4) is 11.6 Å². The van der Waals surface area contributed by atoms with Crippen molar-refractivity contribution in [1.82, 2.24) is 19.7 Å². The minimum absolute atomic E-state index is 0.0667. The third-order valence-corrected chi connectivity index (χ3v) is 6.30. The Morgan fingerprint density at radius 1 is 1.27 bits per heavy atom. The Balaban J connectivity index is 1.52. The van der Waals surface area contributed by atoms with E-state index in [1.807, 2.05) is 60.2 Å². The fourth-order valence-corrected chi connectivity index (χ4v) is 4.95. The quantitative estimate of drug-likeness (QED) is 0.364. The maximum absolute atomic E-state index is 12.3. The summed E-state index contributed by atoms with van der Waals surface area (Å²) in [6.07, 6.45) is 1.63. The van der Waals surface area contributed by atoms with Gasteiger partial charge in [-0.2, -0.15) is 0 Å². The molecule has 0 atom stereocenters. The van der Waals surface area contributed by atoms with Crippen molar-refractivity contribution in [2.75, 3.05) is 4.90 Å². The number of carbonyl (C=O) groups excluding carboxylic acids is 1. The maximum Gasteiger partial charge on any atom is 0.230 e. The van der Waals surface area contributed by atoms with Crippen LogP contribution in [-0.4, -0.2) is 25.7 Å². The number of benzene rings is 1. The zero-order valence-electron chi connectivity index (χ0n) is 16.9. The number of hydrogen-bond donors (Lipinski definition) is 0. The number of nitrogens with zero attached hydrogens (tertiary/aromatic N) is 5. The van der Waals surface area contributed by atoms with Crippen molar-refractivity contribution in [1.29, 1.82) is 0 Å². The third-order valence-electron chi connectivity index (χ3n) is 4.43. The van der Waals surface area contributed by atoms with Crippen LogP contribution in [0.25, 0.3) is 11.6 Å². The first-order chi connectivity index (χ1) is 14.6. The first-order valence-corrected chi connectivity index (χ1v) is 11.3. The van der Waals surface area contributed by atoms with Gasteiger partial charge in [0.05, 0.1) is 17.6 Å². The Morgan fingerprint density at radius 3 is 2.83 bits per heavy atom. The number of aryl methyl sites for hydroxylation is 1. The molecule has 0 saturated carbocycles. The van der Waals surface area contributed by atoms with Gasteiger partial charge in [0.1, 0.15) is 0 Å². The lowest BCUT2D eigenvalue weighted by Crippen LogP contribution is -2.22. The van der Waals surface area contributed by atoms with Crippen molar-refractivity contribution >= 4 is 39.8 Å². The summed E-state index contributed by atoms with van der Waals surface area (Å²) in [7, 11) is 0. The number of thiazole rings is 1. The van der Waals surface area contributed by atoms with E-state index in [-0.39, 0.29) is 5.91 Å². The third kappa shape index (κ3) is 4.17. The molecule has 0 aliphatic rings. The van der Waals surface area contributed by atoms with E-state index in [1.165, 1.54) is 11.3 Å². The van der Waals surface area contributed by atoms with Gasteiger partial charge in [0.2, 0.25) is 5.91 Å².